The number of aromatic nitrogens is 1. The maximum absolute atomic E-state index is 11.6. The number of nitrogens with zero attached hydrogens (tertiary/aromatic N) is 1. The first kappa shape index (κ1) is 14.3. The second-order valence-corrected chi connectivity index (χ2v) is 5.20. The number of anilines is 2. The maximum atomic E-state index is 11.6. The average molecular weight is 291 g/mol. The molecule has 3 N–H and O–H groups in total. The second-order valence-electron chi connectivity index (χ2n) is 4.27. The Kier molecular flexibility index (Phi) is 4.57. The highest BCUT2D eigenvalue weighted by Crippen LogP contribution is 2.28. The van der Waals surface area contributed by atoms with Crippen molar-refractivity contribution in [1.29, 1.82) is 0 Å². The number of ether oxygens (including phenoxy) is 1. The average Bonchev–Trinajstić information content (AvgIpc) is 2.99. The van der Waals surface area contributed by atoms with Crippen LogP contribution in [0.2, 0.25) is 0 Å². The summed E-state index contributed by atoms with van der Waals surface area (Å²) >= 11 is 1.59. The summed E-state index contributed by atoms with van der Waals surface area (Å²) in [5.74, 6) is -0.379. The predicted molar refractivity (Wildman–Crippen MR) is 81.0 cm³/mol. The van der Waals surface area contributed by atoms with Gasteiger partial charge in [-0.15, -0.1) is 11.3 Å². The molecular formula is C14H17N3O2S. The van der Waals surface area contributed by atoms with Gasteiger partial charge in [0, 0.05) is 11.6 Å². The lowest BCUT2D eigenvalue weighted by molar-refractivity contribution is 0.0601. The number of thiazole rings is 1. The maximum Gasteiger partial charge on any atom is 0.337 e. The van der Waals surface area contributed by atoms with E-state index in [1.165, 1.54) is 7.11 Å². The fourth-order valence-corrected chi connectivity index (χ4v) is 2.63. The molecule has 0 aliphatic heterocycles. The molecule has 6 heteroatoms. The van der Waals surface area contributed by atoms with E-state index in [2.05, 4.69) is 17.2 Å². The third-order valence-electron chi connectivity index (χ3n) is 2.96. The minimum Gasteiger partial charge on any atom is -0.465 e. The van der Waals surface area contributed by atoms with Gasteiger partial charge in [0.25, 0.3) is 0 Å². The van der Waals surface area contributed by atoms with Crippen molar-refractivity contribution in [1.82, 2.24) is 4.98 Å². The monoisotopic (exact) mass is 291 g/mol. The standard InChI is InChI=1S/C14H17N3O2S/c1-3-11(13-16-6-7-20-13)17-12-8-9(14(18)19-2)4-5-10(12)15/h4-8,11,17H,3,15H2,1-2H3. The lowest BCUT2D eigenvalue weighted by Crippen LogP contribution is -2.12. The molecule has 0 spiro atoms. The SMILES string of the molecule is CCC(Nc1cc(C(=O)OC)ccc1N)c1nccs1. The molecule has 0 saturated heterocycles. The number of hydrogen-bond donors (Lipinski definition) is 2. The normalized spacial score (nSPS) is 11.9. The van der Waals surface area contributed by atoms with E-state index in [9.17, 15) is 4.79 Å². The minimum atomic E-state index is -0.379. The molecule has 106 valence electrons. The van der Waals surface area contributed by atoms with Gasteiger partial charge in [-0.1, -0.05) is 6.92 Å². The summed E-state index contributed by atoms with van der Waals surface area (Å²) in [7, 11) is 1.36. The Labute approximate surface area is 121 Å². The summed E-state index contributed by atoms with van der Waals surface area (Å²) in [6, 6.07) is 5.13. The highest BCUT2D eigenvalue weighted by atomic mass is 32.1. The molecule has 0 saturated carbocycles. The fraction of sp³-hybridized carbons (Fsp3) is 0.286. The number of methoxy groups -OCH3 is 1. The van der Waals surface area contributed by atoms with Crippen molar-refractivity contribution in [3.05, 3.63) is 40.3 Å². The number of esters is 1. The summed E-state index contributed by atoms with van der Waals surface area (Å²) in [4.78, 5) is 15.9. The highest BCUT2D eigenvalue weighted by molar-refractivity contribution is 7.09. The quantitative estimate of drug-likeness (QED) is 0.654. The van der Waals surface area contributed by atoms with Crippen LogP contribution >= 0.6 is 11.3 Å². The molecule has 0 fully saturated rings. The van der Waals surface area contributed by atoms with Crippen molar-refractivity contribution in [3.63, 3.8) is 0 Å². The zero-order chi connectivity index (χ0) is 14.5. The van der Waals surface area contributed by atoms with E-state index in [1.807, 2.05) is 5.38 Å². The summed E-state index contributed by atoms with van der Waals surface area (Å²) in [5, 5.41) is 6.27. The van der Waals surface area contributed by atoms with Gasteiger partial charge in [-0.05, 0) is 24.6 Å². The lowest BCUT2D eigenvalue weighted by Gasteiger charge is -2.18. The Balaban J connectivity index is 2.25. The minimum absolute atomic E-state index is 0.0743. The van der Waals surface area contributed by atoms with Gasteiger partial charge >= 0.3 is 5.97 Å². The molecule has 2 rings (SSSR count). The zero-order valence-electron chi connectivity index (χ0n) is 11.4. The van der Waals surface area contributed by atoms with Crippen molar-refractivity contribution < 1.29 is 9.53 Å². The first-order chi connectivity index (χ1) is 9.65. The highest BCUT2D eigenvalue weighted by Gasteiger charge is 2.15. The van der Waals surface area contributed by atoms with Gasteiger partial charge in [0.1, 0.15) is 5.01 Å². The Hall–Kier alpha value is -2.08. The molecule has 1 unspecified atom stereocenters. The number of benzene rings is 1. The number of hydrogen-bond acceptors (Lipinski definition) is 6. The van der Waals surface area contributed by atoms with E-state index >= 15 is 0 Å². The van der Waals surface area contributed by atoms with E-state index in [0.717, 1.165) is 17.1 Å². The number of carbonyl (C=O) groups excluding carboxylic acids is 1. The van der Waals surface area contributed by atoms with E-state index in [0.29, 0.717) is 11.3 Å². The number of rotatable bonds is 5. The van der Waals surface area contributed by atoms with Gasteiger partial charge in [0.2, 0.25) is 0 Å². The molecule has 1 atom stereocenters. The number of nitrogen functional groups attached to an aromatic ring is 1. The molecule has 20 heavy (non-hydrogen) atoms. The molecule has 2 aromatic rings. The van der Waals surface area contributed by atoms with Gasteiger partial charge in [-0.3, -0.25) is 0 Å². The van der Waals surface area contributed by atoms with Crippen molar-refractivity contribution in [2.24, 2.45) is 0 Å². The van der Waals surface area contributed by atoms with Gasteiger partial charge in [-0.2, -0.15) is 0 Å². The van der Waals surface area contributed by atoms with Crippen LogP contribution in [0.25, 0.3) is 0 Å². The lowest BCUT2D eigenvalue weighted by atomic mass is 10.1. The summed E-state index contributed by atoms with van der Waals surface area (Å²) in [6.07, 6.45) is 2.65. The predicted octanol–water partition coefficient (Wildman–Crippen LogP) is 3.08. The van der Waals surface area contributed by atoms with Gasteiger partial charge in [-0.25, -0.2) is 9.78 Å². The van der Waals surface area contributed by atoms with Crippen LogP contribution in [0.5, 0.6) is 0 Å². The third kappa shape index (κ3) is 3.08. The van der Waals surface area contributed by atoms with Crippen LogP contribution in [-0.4, -0.2) is 18.1 Å². The summed E-state index contributed by atoms with van der Waals surface area (Å²) in [5.41, 5.74) is 7.73. The summed E-state index contributed by atoms with van der Waals surface area (Å²) in [6.45, 7) is 2.07. The molecule has 1 aromatic carbocycles. The van der Waals surface area contributed by atoms with E-state index in [4.69, 9.17) is 10.5 Å². The van der Waals surface area contributed by atoms with Gasteiger partial charge in [0.15, 0.2) is 0 Å². The van der Waals surface area contributed by atoms with Crippen molar-refractivity contribution >= 4 is 28.7 Å². The van der Waals surface area contributed by atoms with Crippen molar-refractivity contribution in [2.75, 3.05) is 18.2 Å². The van der Waals surface area contributed by atoms with Crippen molar-refractivity contribution in [3.8, 4) is 0 Å². The van der Waals surface area contributed by atoms with Crippen molar-refractivity contribution in [2.45, 2.75) is 19.4 Å². The first-order valence-corrected chi connectivity index (χ1v) is 7.17. The Morgan fingerprint density at radius 1 is 1.55 bits per heavy atom. The Bertz CT molecular complexity index is 584. The van der Waals surface area contributed by atoms with Gasteiger partial charge in [0.05, 0.1) is 30.1 Å². The number of nitrogens with two attached hydrogens (primary N) is 1. The first-order valence-electron chi connectivity index (χ1n) is 6.29. The van der Waals surface area contributed by atoms with Crippen LogP contribution in [0.1, 0.15) is 34.8 Å². The van der Waals surface area contributed by atoms with Crippen LogP contribution < -0.4 is 11.1 Å². The molecule has 0 aliphatic rings. The molecule has 5 nitrogen and oxygen atoms in total. The number of nitrogens with one attached hydrogen (secondary N) is 1. The topological polar surface area (TPSA) is 77.2 Å². The molecule has 1 aromatic heterocycles. The van der Waals surface area contributed by atoms with Gasteiger partial charge < -0.3 is 15.8 Å². The van der Waals surface area contributed by atoms with E-state index < -0.39 is 0 Å². The van der Waals surface area contributed by atoms with E-state index in [1.54, 1.807) is 35.7 Å². The zero-order valence-corrected chi connectivity index (χ0v) is 12.2. The Morgan fingerprint density at radius 3 is 2.95 bits per heavy atom. The molecule has 0 bridgehead atoms. The molecular weight excluding hydrogens is 274 g/mol. The van der Waals surface area contributed by atoms with Crippen LogP contribution in [0.4, 0.5) is 11.4 Å². The Morgan fingerprint density at radius 2 is 2.35 bits per heavy atom. The van der Waals surface area contributed by atoms with Crippen LogP contribution in [0.3, 0.4) is 0 Å². The van der Waals surface area contributed by atoms with Crippen LogP contribution in [0, 0.1) is 0 Å². The largest absolute Gasteiger partial charge is 0.465 e. The molecule has 0 radical (unpaired) electrons. The smallest absolute Gasteiger partial charge is 0.337 e. The third-order valence-corrected chi connectivity index (χ3v) is 3.85. The fourth-order valence-electron chi connectivity index (χ4n) is 1.86. The molecule has 0 aliphatic carbocycles. The molecule has 0 amide bonds. The van der Waals surface area contributed by atoms with Crippen LogP contribution in [0.15, 0.2) is 29.8 Å². The summed E-state index contributed by atoms with van der Waals surface area (Å²) < 4.78 is 4.72. The molecule has 1 heterocycles. The second kappa shape index (κ2) is 6.38. The number of carbonyl (C=O) groups is 1. The van der Waals surface area contributed by atoms with E-state index in [-0.39, 0.29) is 12.0 Å². The van der Waals surface area contributed by atoms with Crippen LogP contribution in [-0.2, 0) is 4.74 Å².